The summed E-state index contributed by atoms with van der Waals surface area (Å²) in [5.74, 6) is 0. The standard InChI is InChI=1S/C12H11N3/c1-8-4-3-5-10-9(2)6-11-14-13-7-15(11)12(8)10/h3-7H,1-2H3. The molecule has 2 heterocycles. The predicted molar refractivity (Wildman–Crippen MR) is 60.0 cm³/mol. The van der Waals surface area contributed by atoms with E-state index >= 15 is 0 Å². The molecule has 0 aliphatic heterocycles. The van der Waals surface area contributed by atoms with Gasteiger partial charge in [-0.25, -0.2) is 0 Å². The fourth-order valence-electron chi connectivity index (χ4n) is 2.08. The summed E-state index contributed by atoms with van der Waals surface area (Å²) in [5, 5.41) is 9.30. The fraction of sp³-hybridized carbons (Fsp3) is 0.167. The van der Waals surface area contributed by atoms with Gasteiger partial charge in [-0.2, -0.15) is 0 Å². The van der Waals surface area contributed by atoms with E-state index in [2.05, 4.69) is 48.3 Å². The van der Waals surface area contributed by atoms with Crippen molar-refractivity contribution in [3.63, 3.8) is 0 Å². The van der Waals surface area contributed by atoms with E-state index in [1.807, 2.05) is 4.40 Å². The topological polar surface area (TPSA) is 30.2 Å². The Morgan fingerprint density at radius 2 is 2.00 bits per heavy atom. The number of aromatic nitrogens is 3. The van der Waals surface area contributed by atoms with Crippen molar-refractivity contribution in [3.05, 3.63) is 41.7 Å². The van der Waals surface area contributed by atoms with E-state index in [0.717, 1.165) is 5.65 Å². The zero-order chi connectivity index (χ0) is 10.4. The second-order valence-electron chi connectivity index (χ2n) is 3.86. The lowest BCUT2D eigenvalue weighted by Crippen LogP contribution is -1.92. The first kappa shape index (κ1) is 8.41. The van der Waals surface area contributed by atoms with Crippen LogP contribution in [0.25, 0.3) is 16.6 Å². The highest BCUT2D eigenvalue weighted by Crippen LogP contribution is 2.22. The van der Waals surface area contributed by atoms with Crippen molar-refractivity contribution in [2.45, 2.75) is 13.8 Å². The monoisotopic (exact) mass is 197 g/mol. The average molecular weight is 197 g/mol. The number of fused-ring (bicyclic) bond motifs is 3. The molecular formula is C12H11N3. The summed E-state index contributed by atoms with van der Waals surface area (Å²) in [6.07, 6.45) is 1.77. The predicted octanol–water partition coefficient (Wildman–Crippen LogP) is 2.50. The number of hydrogen-bond acceptors (Lipinski definition) is 2. The number of benzene rings is 1. The SMILES string of the molecule is Cc1cc2nncn2c2c(C)cccc12. The maximum Gasteiger partial charge on any atom is 0.161 e. The third kappa shape index (κ3) is 1.06. The van der Waals surface area contributed by atoms with Crippen molar-refractivity contribution in [1.82, 2.24) is 14.6 Å². The van der Waals surface area contributed by atoms with Crippen molar-refractivity contribution in [1.29, 1.82) is 0 Å². The van der Waals surface area contributed by atoms with Crippen LogP contribution in [0.4, 0.5) is 0 Å². The quantitative estimate of drug-likeness (QED) is 0.554. The van der Waals surface area contributed by atoms with Gasteiger partial charge in [0.05, 0.1) is 5.52 Å². The molecule has 0 N–H and O–H groups in total. The molecule has 15 heavy (non-hydrogen) atoms. The summed E-state index contributed by atoms with van der Waals surface area (Å²) in [6.45, 7) is 4.22. The van der Waals surface area contributed by atoms with Gasteiger partial charge in [-0.1, -0.05) is 18.2 Å². The molecule has 0 saturated carbocycles. The Hall–Kier alpha value is -1.90. The van der Waals surface area contributed by atoms with Gasteiger partial charge in [0.25, 0.3) is 0 Å². The minimum atomic E-state index is 0.911. The van der Waals surface area contributed by atoms with E-state index in [4.69, 9.17) is 0 Å². The van der Waals surface area contributed by atoms with Gasteiger partial charge in [-0.05, 0) is 31.0 Å². The highest BCUT2D eigenvalue weighted by Gasteiger charge is 2.06. The van der Waals surface area contributed by atoms with E-state index < -0.39 is 0 Å². The van der Waals surface area contributed by atoms with Crippen molar-refractivity contribution in [2.24, 2.45) is 0 Å². The van der Waals surface area contributed by atoms with Gasteiger partial charge >= 0.3 is 0 Å². The summed E-state index contributed by atoms with van der Waals surface area (Å²) in [6, 6.07) is 8.40. The van der Waals surface area contributed by atoms with E-state index in [1.54, 1.807) is 6.33 Å². The summed E-state index contributed by atoms with van der Waals surface area (Å²) in [7, 11) is 0. The Morgan fingerprint density at radius 3 is 2.87 bits per heavy atom. The van der Waals surface area contributed by atoms with Crippen LogP contribution in [0.3, 0.4) is 0 Å². The van der Waals surface area contributed by atoms with Crippen molar-refractivity contribution >= 4 is 16.6 Å². The van der Waals surface area contributed by atoms with Crippen molar-refractivity contribution in [3.8, 4) is 0 Å². The minimum absolute atomic E-state index is 0.911. The Bertz CT molecular complexity index is 652. The highest BCUT2D eigenvalue weighted by atomic mass is 15.2. The van der Waals surface area contributed by atoms with Crippen LogP contribution in [0.1, 0.15) is 11.1 Å². The Morgan fingerprint density at radius 1 is 1.13 bits per heavy atom. The van der Waals surface area contributed by atoms with E-state index in [1.165, 1.54) is 22.0 Å². The molecule has 74 valence electrons. The van der Waals surface area contributed by atoms with Crippen LogP contribution in [0, 0.1) is 13.8 Å². The van der Waals surface area contributed by atoms with Gasteiger partial charge in [-0.15, -0.1) is 10.2 Å². The summed E-state index contributed by atoms with van der Waals surface area (Å²) >= 11 is 0. The first-order chi connectivity index (χ1) is 7.27. The molecule has 0 aliphatic rings. The molecule has 0 atom stereocenters. The molecule has 0 aliphatic carbocycles. The number of nitrogens with zero attached hydrogens (tertiary/aromatic N) is 3. The summed E-state index contributed by atoms with van der Waals surface area (Å²) < 4.78 is 2.04. The largest absolute Gasteiger partial charge is 0.281 e. The molecule has 3 nitrogen and oxygen atoms in total. The lowest BCUT2D eigenvalue weighted by Gasteiger charge is -2.07. The molecule has 3 rings (SSSR count). The smallest absolute Gasteiger partial charge is 0.161 e. The van der Waals surface area contributed by atoms with Crippen LogP contribution in [0.15, 0.2) is 30.6 Å². The third-order valence-corrected chi connectivity index (χ3v) is 2.82. The van der Waals surface area contributed by atoms with Gasteiger partial charge in [0.2, 0.25) is 0 Å². The first-order valence-corrected chi connectivity index (χ1v) is 4.96. The van der Waals surface area contributed by atoms with Gasteiger partial charge < -0.3 is 0 Å². The average Bonchev–Trinajstić information content (AvgIpc) is 2.66. The number of hydrogen-bond donors (Lipinski definition) is 0. The second-order valence-corrected chi connectivity index (χ2v) is 3.86. The minimum Gasteiger partial charge on any atom is -0.281 e. The molecule has 0 amide bonds. The van der Waals surface area contributed by atoms with Crippen molar-refractivity contribution in [2.75, 3.05) is 0 Å². The number of rotatable bonds is 0. The Balaban J connectivity index is 2.69. The van der Waals surface area contributed by atoms with Crippen LogP contribution in [-0.2, 0) is 0 Å². The number of pyridine rings is 1. The van der Waals surface area contributed by atoms with Crippen LogP contribution < -0.4 is 0 Å². The van der Waals surface area contributed by atoms with Gasteiger partial charge in [-0.3, -0.25) is 4.40 Å². The molecular weight excluding hydrogens is 186 g/mol. The summed E-state index contributed by atoms with van der Waals surface area (Å²) in [4.78, 5) is 0. The van der Waals surface area contributed by atoms with E-state index in [9.17, 15) is 0 Å². The Labute approximate surface area is 87.4 Å². The molecule has 0 unspecified atom stereocenters. The molecule has 2 aromatic heterocycles. The molecule has 0 saturated heterocycles. The molecule has 3 heteroatoms. The molecule has 0 spiro atoms. The molecule has 1 aromatic carbocycles. The molecule has 0 fully saturated rings. The van der Waals surface area contributed by atoms with Crippen molar-refractivity contribution < 1.29 is 0 Å². The van der Waals surface area contributed by atoms with Crippen LogP contribution in [0.5, 0.6) is 0 Å². The lowest BCUT2D eigenvalue weighted by molar-refractivity contribution is 1.11. The normalized spacial score (nSPS) is 11.3. The van der Waals surface area contributed by atoms with Crippen LogP contribution in [0.2, 0.25) is 0 Å². The molecule has 3 aromatic rings. The first-order valence-electron chi connectivity index (χ1n) is 4.96. The zero-order valence-electron chi connectivity index (χ0n) is 8.73. The zero-order valence-corrected chi connectivity index (χ0v) is 8.73. The van der Waals surface area contributed by atoms with E-state index in [-0.39, 0.29) is 0 Å². The van der Waals surface area contributed by atoms with Crippen LogP contribution in [-0.4, -0.2) is 14.6 Å². The van der Waals surface area contributed by atoms with E-state index in [0.29, 0.717) is 0 Å². The maximum atomic E-state index is 4.08. The van der Waals surface area contributed by atoms with Gasteiger partial charge in [0.15, 0.2) is 5.65 Å². The van der Waals surface area contributed by atoms with Gasteiger partial charge in [0, 0.05) is 5.39 Å². The third-order valence-electron chi connectivity index (χ3n) is 2.82. The molecule has 0 radical (unpaired) electrons. The number of para-hydroxylation sites is 1. The fourth-order valence-corrected chi connectivity index (χ4v) is 2.08. The Kier molecular flexibility index (Phi) is 1.57. The van der Waals surface area contributed by atoms with Crippen LogP contribution >= 0.6 is 0 Å². The second kappa shape index (κ2) is 2.79. The lowest BCUT2D eigenvalue weighted by atomic mass is 10.1. The number of aryl methyl sites for hydroxylation is 2. The highest BCUT2D eigenvalue weighted by molar-refractivity contribution is 5.87. The maximum absolute atomic E-state index is 4.08. The van der Waals surface area contributed by atoms with Gasteiger partial charge in [0.1, 0.15) is 6.33 Å². The molecule has 0 bridgehead atoms. The summed E-state index contributed by atoms with van der Waals surface area (Å²) in [5.41, 5.74) is 4.61.